The highest BCUT2D eigenvalue weighted by Gasteiger charge is 2.31. The summed E-state index contributed by atoms with van der Waals surface area (Å²) in [6, 6.07) is 5.46. The van der Waals surface area contributed by atoms with Crippen LogP contribution in [-0.2, 0) is 4.79 Å². The topological polar surface area (TPSA) is 40.5 Å². The van der Waals surface area contributed by atoms with Gasteiger partial charge in [-0.15, -0.1) is 0 Å². The standard InChI is InChI=1S/C12H15NO2S/c1-8-3-2-4-10(12(8)15)13-6-9(7-16)5-11(13)14/h2-4,9,15-16H,5-7H2,1H3. The summed E-state index contributed by atoms with van der Waals surface area (Å²) >= 11 is 4.21. The molecule has 0 spiro atoms. The Morgan fingerprint density at radius 3 is 2.94 bits per heavy atom. The van der Waals surface area contributed by atoms with Crippen LogP contribution in [0, 0.1) is 12.8 Å². The van der Waals surface area contributed by atoms with Crippen LogP contribution in [0.2, 0.25) is 0 Å². The molecule has 4 heteroatoms. The van der Waals surface area contributed by atoms with E-state index in [0.717, 1.165) is 5.56 Å². The second kappa shape index (κ2) is 4.37. The lowest BCUT2D eigenvalue weighted by atomic mass is 10.1. The lowest BCUT2D eigenvalue weighted by Gasteiger charge is -2.18. The predicted octanol–water partition coefficient (Wildman–Crippen LogP) is 1.98. The van der Waals surface area contributed by atoms with E-state index in [9.17, 15) is 9.90 Å². The second-order valence-electron chi connectivity index (χ2n) is 4.20. The molecule has 1 atom stereocenters. The number of carbonyl (C=O) groups is 1. The molecule has 1 unspecified atom stereocenters. The zero-order valence-corrected chi connectivity index (χ0v) is 10.1. The average molecular weight is 237 g/mol. The first-order chi connectivity index (χ1) is 7.63. The SMILES string of the molecule is Cc1cccc(N2CC(CS)CC2=O)c1O. The molecular weight excluding hydrogens is 222 g/mol. The molecule has 0 aromatic heterocycles. The van der Waals surface area contributed by atoms with Gasteiger partial charge < -0.3 is 10.0 Å². The van der Waals surface area contributed by atoms with Crippen molar-refractivity contribution in [3.63, 3.8) is 0 Å². The van der Waals surface area contributed by atoms with Crippen LogP contribution in [0.3, 0.4) is 0 Å². The maximum Gasteiger partial charge on any atom is 0.227 e. The lowest BCUT2D eigenvalue weighted by Crippen LogP contribution is -2.24. The molecule has 1 N–H and O–H groups in total. The minimum absolute atomic E-state index is 0.0694. The molecule has 2 rings (SSSR count). The number of anilines is 1. The number of para-hydroxylation sites is 1. The van der Waals surface area contributed by atoms with Gasteiger partial charge in [-0.3, -0.25) is 4.79 Å². The monoisotopic (exact) mass is 237 g/mol. The first kappa shape index (κ1) is 11.3. The molecule has 1 aliphatic rings. The Hall–Kier alpha value is -1.16. The van der Waals surface area contributed by atoms with Gasteiger partial charge in [-0.1, -0.05) is 12.1 Å². The summed E-state index contributed by atoms with van der Waals surface area (Å²) in [5.41, 5.74) is 1.41. The van der Waals surface area contributed by atoms with Crippen molar-refractivity contribution in [2.24, 2.45) is 5.92 Å². The summed E-state index contributed by atoms with van der Waals surface area (Å²) in [5, 5.41) is 9.92. The maximum atomic E-state index is 11.8. The fourth-order valence-corrected chi connectivity index (χ4v) is 2.24. The van der Waals surface area contributed by atoms with Crippen molar-refractivity contribution in [2.45, 2.75) is 13.3 Å². The number of benzene rings is 1. The molecule has 1 amide bonds. The van der Waals surface area contributed by atoms with Gasteiger partial charge in [0, 0.05) is 13.0 Å². The van der Waals surface area contributed by atoms with Crippen LogP contribution in [0.15, 0.2) is 18.2 Å². The Labute approximate surface area is 100 Å². The normalized spacial score (nSPS) is 20.5. The first-order valence-corrected chi connectivity index (χ1v) is 5.96. The van der Waals surface area contributed by atoms with Gasteiger partial charge in [0.05, 0.1) is 5.69 Å². The minimum atomic E-state index is 0.0694. The van der Waals surface area contributed by atoms with Crippen molar-refractivity contribution in [3.05, 3.63) is 23.8 Å². The highest BCUT2D eigenvalue weighted by molar-refractivity contribution is 7.80. The number of phenolic OH excluding ortho intramolecular Hbond substituents is 1. The molecule has 16 heavy (non-hydrogen) atoms. The number of aryl methyl sites for hydroxylation is 1. The van der Waals surface area contributed by atoms with Gasteiger partial charge in [0.25, 0.3) is 0 Å². The van der Waals surface area contributed by atoms with Crippen molar-refractivity contribution < 1.29 is 9.90 Å². The number of aromatic hydroxyl groups is 1. The number of rotatable bonds is 2. The molecule has 1 aromatic carbocycles. The van der Waals surface area contributed by atoms with E-state index in [2.05, 4.69) is 12.6 Å². The molecule has 0 aliphatic carbocycles. The Morgan fingerprint density at radius 1 is 1.56 bits per heavy atom. The number of carbonyl (C=O) groups excluding carboxylic acids is 1. The molecule has 86 valence electrons. The lowest BCUT2D eigenvalue weighted by molar-refractivity contribution is -0.117. The van der Waals surface area contributed by atoms with Crippen LogP contribution in [0.4, 0.5) is 5.69 Å². The summed E-state index contributed by atoms with van der Waals surface area (Å²) < 4.78 is 0. The smallest absolute Gasteiger partial charge is 0.227 e. The maximum absolute atomic E-state index is 11.8. The molecule has 1 aromatic rings. The minimum Gasteiger partial charge on any atom is -0.505 e. The number of amides is 1. The Kier molecular flexibility index (Phi) is 3.10. The summed E-state index contributed by atoms with van der Waals surface area (Å²) in [7, 11) is 0. The average Bonchev–Trinajstić information content (AvgIpc) is 2.64. The van der Waals surface area contributed by atoms with Crippen molar-refractivity contribution >= 4 is 24.2 Å². The second-order valence-corrected chi connectivity index (χ2v) is 4.56. The number of hydrogen-bond donors (Lipinski definition) is 2. The van der Waals surface area contributed by atoms with Crippen LogP contribution < -0.4 is 4.90 Å². The van der Waals surface area contributed by atoms with E-state index in [1.54, 1.807) is 11.0 Å². The van der Waals surface area contributed by atoms with Gasteiger partial charge >= 0.3 is 0 Å². The number of nitrogens with zero attached hydrogens (tertiary/aromatic N) is 1. The Bertz CT molecular complexity index is 419. The van der Waals surface area contributed by atoms with Crippen molar-refractivity contribution in [3.8, 4) is 5.75 Å². The van der Waals surface area contributed by atoms with Gasteiger partial charge in [-0.25, -0.2) is 0 Å². The van der Waals surface area contributed by atoms with Gasteiger partial charge in [-0.2, -0.15) is 12.6 Å². The van der Waals surface area contributed by atoms with E-state index in [-0.39, 0.29) is 17.6 Å². The van der Waals surface area contributed by atoms with Gasteiger partial charge in [0.1, 0.15) is 5.75 Å². The van der Waals surface area contributed by atoms with Crippen LogP contribution >= 0.6 is 12.6 Å². The number of phenols is 1. The number of thiol groups is 1. The van der Waals surface area contributed by atoms with Gasteiger partial charge in [0.15, 0.2) is 0 Å². The molecule has 1 heterocycles. The van der Waals surface area contributed by atoms with Crippen LogP contribution in [0.5, 0.6) is 5.75 Å². The van der Waals surface area contributed by atoms with E-state index in [0.29, 0.717) is 24.4 Å². The molecule has 1 saturated heterocycles. The van der Waals surface area contributed by atoms with E-state index in [4.69, 9.17) is 0 Å². The quantitative estimate of drug-likeness (QED) is 0.772. The summed E-state index contributed by atoms with van der Waals surface area (Å²) in [4.78, 5) is 13.4. The van der Waals surface area contributed by atoms with Crippen molar-refractivity contribution in [2.75, 3.05) is 17.2 Å². The van der Waals surface area contributed by atoms with E-state index >= 15 is 0 Å². The van der Waals surface area contributed by atoms with E-state index < -0.39 is 0 Å². The zero-order chi connectivity index (χ0) is 11.7. The van der Waals surface area contributed by atoms with Crippen LogP contribution in [-0.4, -0.2) is 23.3 Å². The Balaban J connectivity index is 2.31. The van der Waals surface area contributed by atoms with Crippen molar-refractivity contribution in [1.82, 2.24) is 0 Å². The highest BCUT2D eigenvalue weighted by atomic mass is 32.1. The van der Waals surface area contributed by atoms with Crippen LogP contribution in [0.25, 0.3) is 0 Å². The van der Waals surface area contributed by atoms with Gasteiger partial charge in [0.2, 0.25) is 5.91 Å². The largest absolute Gasteiger partial charge is 0.505 e. The molecule has 0 radical (unpaired) electrons. The van der Waals surface area contributed by atoms with E-state index in [1.807, 2.05) is 19.1 Å². The third kappa shape index (κ3) is 1.89. The molecular formula is C12H15NO2S. The van der Waals surface area contributed by atoms with E-state index in [1.165, 1.54) is 0 Å². The molecule has 0 bridgehead atoms. The molecule has 0 saturated carbocycles. The fraction of sp³-hybridized carbons (Fsp3) is 0.417. The molecule has 1 aliphatic heterocycles. The third-order valence-electron chi connectivity index (χ3n) is 2.97. The third-order valence-corrected chi connectivity index (χ3v) is 3.49. The fourth-order valence-electron chi connectivity index (χ4n) is 2.00. The highest BCUT2D eigenvalue weighted by Crippen LogP contribution is 2.34. The van der Waals surface area contributed by atoms with Crippen molar-refractivity contribution in [1.29, 1.82) is 0 Å². The number of hydrogen-bond acceptors (Lipinski definition) is 3. The summed E-state index contributed by atoms with van der Waals surface area (Å²) in [6.45, 7) is 2.48. The van der Waals surface area contributed by atoms with Crippen LogP contribution in [0.1, 0.15) is 12.0 Å². The summed E-state index contributed by atoms with van der Waals surface area (Å²) in [5.74, 6) is 1.26. The molecule has 1 fully saturated rings. The zero-order valence-electron chi connectivity index (χ0n) is 9.18. The summed E-state index contributed by atoms with van der Waals surface area (Å²) in [6.07, 6.45) is 0.525. The first-order valence-electron chi connectivity index (χ1n) is 5.33. The molecule has 3 nitrogen and oxygen atoms in total. The Morgan fingerprint density at radius 2 is 2.31 bits per heavy atom. The van der Waals surface area contributed by atoms with Gasteiger partial charge in [-0.05, 0) is 30.2 Å². The predicted molar refractivity (Wildman–Crippen MR) is 67.2 cm³/mol.